The Kier molecular flexibility index (Phi) is 4.79. The summed E-state index contributed by atoms with van der Waals surface area (Å²) in [6, 6.07) is 10.0. The zero-order valence-electron chi connectivity index (χ0n) is 9.69. The normalized spacial score (nSPS) is 11.7. The Morgan fingerprint density at radius 3 is 2.47 bits per heavy atom. The van der Waals surface area contributed by atoms with Crippen LogP contribution in [0.2, 0.25) is 0 Å². The summed E-state index contributed by atoms with van der Waals surface area (Å²) in [7, 11) is 0. The van der Waals surface area contributed by atoms with E-state index in [-0.39, 0.29) is 0 Å². The van der Waals surface area contributed by atoms with Gasteiger partial charge < -0.3 is 0 Å². The lowest BCUT2D eigenvalue weighted by atomic mass is 9.99. The monoisotopic (exact) mass is 207 g/mol. The number of benzene rings is 1. The Hall–Kier alpha value is -0.860. The Labute approximate surface area is 92.1 Å². The van der Waals surface area contributed by atoms with E-state index in [1.165, 1.54) is 0 Å². The fraction of sp³-hybridized carbons (Fsp3) is 0.462. The number of rotatable bonds is 6. The molecule has 1 aromatic carbocycles. The third-order valence-corrected chi connectivity index (χ3v) is 2.20. The van der Waals surface area contributed by atoms with Crippen LogP contribution >= 0.6 is 0 Å². The van der Waals surface area contributed by atoms with Gasteiger partial charge in [-0.3, -0.25) is 0 Å². The lowest BCUT2D eigenvalue weighted by molar-refractivity contribution is -0.337. The molecule has 1 radical (unpaired) electrons. The van der Waals surface area contributed by atoms with Gasteiger partial charge in [0.25, 0.3) is 0 Å². The largest absolute Gasteiger partial charge is 0.230 e. The minimum Gasteiger partial charge on any atom is -0.230 e. The average molecular weight is 207 g/mol. The van der Waals surface area contributed by atoms with E-state index in [0.717, 1.165) is 18.4 Å². The molecule has 15 heavy (non-hydrogen) atoms. The molecule has 0 fully saturated rings. The standard InChI is InChI=1S/C13H19O2/c1-4-5-11-14-15-13(2,3)12-9-7-6-8-10-12/h6-11H,4-5H2,1-3H3. The molecule has 0 N–H and O–H groups in total. The van der Waals surface area contributed by atoms with E-state index in [0.29, 0.717) is 0 Å². The highest BCUT2D eigenvalue weighted by molar-refractivity contribution is 5.20. The zero-order chi connectivity index (χ0) is 11.1. The van der Waals surface area contributed by atoms with Gasteiger partial charge in [0.05, 0.1) is 0 Å². The summed E-state index contributed by atoms with van der Waals surface area (Å²) in [5.41, 5.74) is 0.695. The van der Waals surface area contributed by atoms with E-state index in [1.807, 2.05) is 44.2 Å². The third kappa shape index (κ3) is 4.02. The molecule has 2 nitrogen and oxygen atoms in total. The molecular formula is C13H19O2. The first-order valence-electron chi connectivity index (χ1n) is 5.38. The van der Waals surface area contributed by atoms with Crippen LogP contribution in [0.4, 0.5) is 0 Å². The number of unbranched alkanes of at least 4 members (excludes halogenated alkanes) is 1. The summed E-state index contributed by atoms with van der Waals surface area (Å²) >= 11 is 0. The quantitative estimate of drug-likeness (QED) is 0.401. The Morgan fingerprint density at radius 2 is 1.87 bits per heavy atom. The highest BCUT2D eigenvalue weighted by Gasteiger charge is 2.22. The van der Waals surface area contributed by atoms with Gasteiger partial charge in [0.15, 0.2) is 0 Å². The van der Waals surface area contributed by atoms with Crippen molar-refractivity contribution in [1.29, 1.82) is 0 Å². The van der Waals surface area contributed by atoms with Crippen molar-refractivity contribution in [2.75, 3.05) is 0 Å². The maximum Gasteiger partial charge on any atom is 0.123 e. The molecule has 0 heterocycles. The Bertz CT molecular complexity index is 267. The van der Waals surface area contributed by atoms with Gasteiger partial charge in [0, 0.05) is 0 Å². The molecule has 0 amide bonds. The van der Waals surface area contributed by atoms with Gasteiger partial charge in [-0.05, 0) is 25.8 Å². The molecule has 1 rings (SSSR count). The van der Waals surface area contributed by atoms with Crippen molar-refractivity contribution in [3.8, 4) is 0 Å². The molecule has 0 spiro atoms. The second kappa shape index (κ2) is 5.89. The third-order valence-electron chi connectivity index (χ3n) is 2.20. The van der Waals surface area contributed by atoms with Crippen molar-refractivity contribution in [3.63, 3.8) is 0 Å². The van der Waals surface area contributed by atoms with Gasteiger partial charge in [-0.1, -0.05) is 43.7 Å². The van der Waals surface area contributed by atoms with Crippen molar-refractivity contribution in [2.24, 2.45) is 0 Å². The molecule has 83 valence electrons. The molecule has 0 aliphatic carbocycles. The zero-order valence-corrected chi connectivity index (χ0v) is 9.69. The topological polar surface area (TPSA) is 18.5 Å². The minimum absolute atomic E-state index is 0.411. The molecule has 0 aliphatic heterocycles. The van der Waals surface area contributed by atoms with Crippen molar-refractivity contribution < 1.29 is 9.78 Å². The van der Waals surface area contributed by atoms with Crippen molar-refractivity contribution >= 4 is 0 Å². The molecular weight excluding hydrogens is 188 g/mol. The summed E-state index contributed by atoms with van der Waals surface area (Å²) in [6.45, 7) is 7.77. The predicted molar refractivity (Wildman–Crippen MR) is 60.8 cm³/mol. The van der Waals surface area contributed by atoms with Gasteiger partial charge >= 0.3 is 0 Å². The SMILES string of the molecule is CCC[CH]OOC(C)(C)c1ccccc1. The van der Waals surface area contributed by atoms with Crippen LogP contribution in [0.15, 0.2) is 30.3 Å². The fourth-order valence-corrected chi connectivity index (χ4v) is 1.21. The molecule has 0 saturated carbocycles. The maximum absolute atomic E-state index is 5.36. The van der Waals surface area contributed by atoms with Gasteiger partial charge in [-0.25, -0.2) is 9.78 Å². The second-order valence-electron chi connectivity index (χ2n) is 4.01. The van der Waals surface area contributed by atoms with E-state index < -0.39 is 5.60 Å². The molecule has 0 bridgehead atoms. The molecule has 0 aromatic heterocycles. The van der Waals surface area contributed by atoms with Crippen LogP contribution in [0, 0.1) is 6.61 Å². The molecule has 0 atom stereocenters. The number of hydrogen-bond donors (Lipinski definition) is 0. The van der Waals surface area contributed by atoms with Gasteiger partial charge in [-0.2, -0.15) is 0 Å². The lowest BCUT2D eigenvalue weighted by Gasteiger charge is -2.23. The van der Waals surface area contributed by atoms with E-state index in [1.54, 1.807) is 6.61 Å². The van der Waals surface area contributed by atoms with Crippen LogP contribution in [0.3, 0.4) is 0 Å². The Morgan fingerprint density at radius 1 is 1.20 bits per heavy atom. The molecule has 2 heteroatoms. The summed E-state index contributed by atoms with van der Waals surface area (Å²) in [4.78, 5) is 10.4. The summed E-state index contributed by atoms with van der Waals surface area (Å²) < 4.78 is 0. The van der Waals surface area contributed by atoms with E-state index in [9.17, 15) is 0 Å². The van der Waals surface area contributed by atoms with Gasteiger partial charge in [0.1, 0.15) is 12.2 Å². The average Bonchev–Trinajstić information content (AvgIpc) is 2.26. The highest BCUT2D eigenvalue weighted by atomic mass is 17.2. The number of hydrogen-bond acceptors (Lipinski definition) is 2. The van der Waals surface area contributed by atoms with Crippen molar-refractivity contribution in [3.05, 3.63) is 42.5 Å². The Balaban J connectivity index is 2.45. The summed E-state index contributed by atoms with van der Waals surface area (Å²) in [6.07, 6.45) is 1.97. The van der Waals surface area contributed by atoms with Gasteiger partial charge in [-0.15, -0.1) is 0 Å². The molecule has 0 aliphatic rings. The van der Waals surface area contributed by atoms with E-state index in [4.69, 9.17) is 9.78 Å². The first kappa shape index (κ1) is 12.2. The first-order chi connectivity index (χ1) is 7.17. The predicted octanol–water partition coefficient (Wildman–Crippen LogP) is 3.83. The lowest BCUT2D eigenvalue weighted by Crippen LogP contribution is -2.21. The second-order valence-corrected chi connectivity index (χ2v) is 4.01. The minimum atomic E-state index is -0.411. The highest BCUT2D eigenvalue weighted by Crippen LogP contribution is 2.24. The first-order valence-corrected chi connectivity index (χ1v) is 5.38. The van der Waals surface area contributed by atoms with E-state index >= 15 is 0 Å². The maximum atomic E-state index is 5.36. The smallest absolute Gasteiger partial charge is 0.123 e. The summed E-state index contributed by atoms with van der Waals surface area (Å²) in [5.74, 6) is 0. The van der Waals surface area contributed by atoms with Crippen LogP contribution in [0.25, 0.3) is 0 Å². The van der Waals surface area contributed by atoms with E-state index in [2.05, 4.69) is 6.92 Å². The van der Waals surface area contributed by atoms with Crippen LogP contribution in [0.1, 0.15) is 39.2 Å². The van der Waals surface area contributed by atoms with Crippen LogP contribution in [0.5, 0.6) is 0 Å². The fourth-order valence-electron chi connectivity index (χ4n) is 1.21. The van der Waals surface area contributed by atoms with Gasteiger partial charge in [0.2, 0.25) is 0 Å². The van der Waals surface area contributed by atoms with Crippen molar-refractivity contribution in [2.45, 2.75) is 39.2 Å². The van der Waals surface area contributed by atoms with Crippen LogP contribution < -0.4 is 0 Å². The molecule has 0 unspecified atom stereocenters. The molecule has 1 aromatic rings. The van der Waals surface area contributed by atoms with Crippen LogP contribution in [-0.2, 0) is 15.4 Å². The molecule has 0 saturated heterocycles. The summed E-state index contributed by atoms with van der Waals surface area (Å²) in [5, 5.41) is 0. The van der Waals surface area contributed by atoms with Crippen LogP contribution in [-0.4, -0.2) is 0 Å². The van der Waals surface area contributed by atoms with Crippen molar-refractivity contribution in [1.82, 2.24) is 0 Å².